The van der Waals surface area contributed by atoms with E-state index in [4.69, 9.17) is 9.72 Å². The number of rotatable bonds is 13. The van der Waals surface area contributed by atoms with Crippen LogP contribution in [0.5, 0.6) is 5.75 Å². The molecule has 1 atom stereocenters. The lowest BCUT2D eigenvalue weighted by molar-refractivity contribution is -0.128. The van der Waals surface area contributed by atoms with Crippen LogP contribution in [0.4, 0.5) is 0 Å². The van der Waals surface area contributed by atoms with Gasteiger partial charge in [0.15, 0.2) is 0 Å². The second-order valence-electron chi connectivity index (χ2n) is 9.61. The molecule has 0 N–H and O–H groups in total. The smallest absolute Gasteiger partial charge is 0.223 e. The van der Waals surface area contributed by atoms with Gasteiger partial charge >= 0.3 is 0 Å². The molecule has 1 unspecified atom stereocenters. The van der Waals surface area contributed by atoms with Gasteiger partial charge in [-0.05, 0) is 36.2 Å². The molecule has 1 saturated heterocycles. The van der Waals surface area contributed by atoms with E-state index in [1.807, 2.05) is 29.2 Å². The Hall–Kier alpha value is -2.82. The molecule has 1 aromatic heterocycles. The number of fused-ring (bicyclic) bond motifs is 1. The molecule has 1 aliphatic heterocycles. The van der Waals surface area contributed by atoms with Crippen LogP contribution in [0.1, 0.15) is 82.0 Å². The van der Waals surface area contributed by atoms with Gasteiger partial charge in [-0.15, -0.1) is 0 Å². The van der Waals surface area contributed by atoms with Crippen molar-refractivity contribution < 1.29 is 9.53 Å². The quantitative estimate of drug-likeness (QED) is 0.266. The fourth-order valence-corrected chi connectivity index (χ4v) is 5.09. The topological polar surface area (TPSA) is 47.4 Å². The molecule has 34 heavy (non-hydrogen) atoms. The zero-order chi connectivity index (χ0) is 23.8. The number of amides is 1. The Kier molecular flexibility index (Phi) is 8.62. The van der Waals surface area contributed by atoms with Gasteiger partial charge in [-0.25, -0.2) is 4.98 Å². The van der Waals surface area contributed by atoms with Gasteiger partial charge in [0.1, 0.15) is 11.6 Å². The average Bonchev–Trinajstić information content (AvgIpc) is 3.41. The van der Waals surface area contributed by atoms with Gasteiger partial charge in [0.2, 0.25) is 5.91 Å². The maximum atomic E-state index is 12.9. The number of hydrogen-bond acceptors (Lipinski definition) is 3. The molecule has 1 amide bonds. The molecule has 2 heterocycles. The fourth-order valence-electron chi connectivity index (χ4n) is 5.09. The van der Waals surface area contributed by atoms with Crippen molar-refractivity contribution in [3.8, 4) is 5.75 Å². The Bertz CT molecular complexity index is 1060. The number of methoxy groups -OCH3 is 1. The summed E-state index contributed by atoms with van der Waals surface area (Å²) in [7, 11) is 1.67. The maximum absolute atomic E-state index is 12.9. The molecule has 0 bridgehead atoms. The van der Waals surface area contributed by atoms with Gasteiger partial charge in [0, 0.05) is 32.0 Å². The number of imidazole rings is 1. The number of carbonyl (C=O) groups excluding carboxylic acids is 1. The predicted molar refractivity (Wildman–Crippen MR) is 138 cm³/mol. The zero-order valence-electron chi connectivity index (χ0n) is 20.8. The number of hydrogen-bond donors (Lipinski definition) is 0. The van der Waals surface area contributed by atoms with E-state index in [1.165, 1.54) is 50.5 Å². The highest BCUT2D eigenvalue weighted by molar-refractivity contribution is 5.81. The van der Waals surface area contributed by atoms with E-state index in [0.29, 0.717) is 13.0 Å². The minimum atomic E-state index is 0.146. The Morgan fingerprint density at radius 3 is 2.38 bits per heavy atom. The first-order chi connectivity index (χ1) is 16.7. The number of ether oxygens (including phenoxy) is 1. The number of para-hydroxylation sites is 2. The summed E-state index contributed by atoms with van der Waals surface area (Å²) in [5.74, 6) is 2.28. The number of nitrogens with zero attached hydrogens (tertiary/aromatic N) is 3. The first kappa shape index (κ1) is 24.3. The van der Waals surface area contributed by atoms with Crippen molar-refractivity contribution in [3.05, 3.63) is 59.9 Å². The van der Waals surface area contributed by atoms with Crippen molar-refractivity contribution in [2.45, 2.75) is 83.7 Å². The first-order valence-electron chi connectivity index (χ1n) is 13.1. The summed E-state index contributed by atoms with van der Waals surface area (Å²) in [5.41, 5.74) is 3.36. The van der Waals surface area contributed by atoms with Crippen molar-refractivity contribution in [3.63, 3.8) is 0 Å². The van der Waals surface area contributed by atoms with Crippen LogP contribution in [0.15, 0.2) is 48.5 Å². The predicted octanol–water partition coefficient (Wildman–Crippen LogP) is 6.70. The van der Waals surface area contributed by atoms with Gasteiger partial charge in [-0.1, -0.05) is 76.1 Å². The maximum Gasteiger partial charge on any atom is 0.223 e. The monoisotopic (exact) mass is 461 g/mol. The van der Waals surface area contributed by atoms with Crippen molar-refractivity contribution in [1.29, 1.82) is 0 Å². The number of likely N-dealkylation sites (tertiary alicyclic amines) is 1. The number of benzene rings is 2. The van der Waals surface area contributed by atoms with E-state index in [2.05, 4.69) is 35.8 Å². The highest BCUT2D eigenvalue weighted by Crippen LogP contribution is 2.32. The second-order valence-corrected chi connectivity index (χ2v) is 9.61. The molecule has 0 saturated carbocycles. The Labute approximate surface area is 204 Å². The lowest BCUT2D eigenvalue weighted by Gasteiger charge is -2.18. The number of aryl methyl sites for hydroxylation is 1. The minimum Gasteiger partial charge on any atom is -0.497 e. The Balaban J connectivity index is 1.40. The van der Waals surface area contributed by atoms with Crippen molar-refractivity contribution in [2.75, 3.05) is 13.7 Å². The third kappa shape index (κ3) is 5.99. The fraction of sp³-hybridized carbons (Fsp3) is 0.517. The summed E-state index contributed by atoms with van der Waals surface area (Å²) in [4.78, 5) is 19.9. The lowest BCUT2D eigenvalue weighted by atomic mass is 10.1. The van der Waals surface area contributed by atoms with E-state index in [1.54, 1.807) is 7.11 Å². The highest BCUT2D eigenvalue weighted by Gasteiger charge is 2.33. The molecule has 0 spiro atoms. The van der Waals surface area contributed by atoms with Gasteiger partial charge < -0.3 is 14.2 Å². The second kappa shape index (κ2) is 12.0. The van der Waals surface area contributed by atoms with Gasteiger partial charge in [0.25, 0.3) is 0 Å². The summed E-state index contributed by atoms with van der Waals surface area (Å²) in [5, 5.41) is 0. The van der Waals surface area contributed by atoms with E-state index in [0.717, 1.165) is 42.2 Å². The average molecular weight is 462 g/mol. The van der Waals surface area contributed by atoms with E-state index in [-0.39, 0.29) is 11.8 Å². The van der Waals surface area contributed by atoms with Gasteiger partial charge in [-0.2, -0.15) is 0 Å². The molecule has 5 nitrogen and oxygen atoms in total. The molecule has 5 heteroatoms. The summed E-state index contributed by atoms with van der Waals surface area (Å²) in [6.07, 6.45) is 11.0. The van der Waals surface area contributed by atoms with Crippen LogP contribution in [0.3, 0.4) is 0 Å². The van der Waals surface area contributed by atoms with Gasteiger partial charge in [0.05, 0.1) is 18.1 Å². The van der Waals surface area contributed by atoms with Crippen molar-refractivity contribution in [1.82, 2.24) is 14.5 Å². The minimum absolute atomic E-state index is 0.146. The SMILES string of the molecule is CCCCCCCCCCn1c(C2CC(=O)N(Cc3ccc(OC)cc3)C2)nc2ccccc21. The number of aromatic nitrogens is 2. The standard InChI is InChI=1S/C29H39N3O2/c1-3-4-5-6-7-8-9-12-19-32-27-14-11-10-13-26(27)30-29(32)24-20-28(33)31(22-24)21-23-15-17-25(34-2)18-16-23/h10-11,13-18,24H,3-9,12,19-22H2,1-2H3. The van der Waals surface area contributed by atoms with Crippen LogP contribution in [0, 0.1) is 0 Å². The summed E-state index contributed by atoms with van der Waals surface area (Å²) in [6.45, 7) is 4.61. The van der Waals surface area contributed by atoms with Crippen LogP contribution in [0.25, 0.3) is 11.0 Å². The van der Waals surface area contributed by atoms with E-state index in [9.17, 15) is 4.79 Å². The number of carbonyl (C=O) groups is 1. The first-order valence-corrected chi connectivity index (χ1v) is 13.1. The summed E-state index contributed by atoms with van der Waals surface area (Å²) < 4.78 is 7.64. The van der Waals surface area contributed by atoms with Gasteiger partial charge in [-0.3, -0.25) is 4.79 Å². The molecule has 4 rings (SSSR count). The van der Waals surface area contributed by atoms with E-state index < -0.39 is 0 Å². The Morgan fingerprint density at radius 1 is 0.941 bits per heavy atom. The van der Waals surface area contributed by atoms with Crippen molar-refractivity contribution in [2.24, 2.45) is 0 Å². The lowest BCUT2D eigenvalue weighted by Crippen LogP contribution is -2.24. The van der Waals surface area contributed by atoms with Crippen LogP contribution in [0.2, 0.25) is 0 Å². The molecule has 2 aromatic carbocycles. The van der Waals surface area contributed by atoms with E-state index >= 15 is 0 Å². The van der Waals surface area contributed by atoms with Crippen LogP contribution in [-0.2, 0) is 17.9 Å². The summed E-state index contributed by atoms with van der Waals surface area (Å²) >= 11 is 0. The number of unbranched alkanes of at least 4 members (excludes halogenated alkanes) is 7. The Morgan fingerprint density at radius 2 is 1.65 bits per heavy atom. The van der Waals surface area contributed by atoms with Crippen molar-refractivity contribution >= 4 is 16.9 Å². The van der Waals surface area contributed by atoms with Crippen LogP contribution in [-0.4, -0.2) is 34.0 Å². The normalized spacial score (nSPS) is 16.0. The van der Waals surface area contributed by atoms with Crippen LogP contribution >= 0.6 is 0 Å². The summed E-state index contributed by atoms with van der Waals surface area (Å²) in [6, 6.07) is 16.4. The third-order valence-corrected chi connectivity index (χ3v) is 7.03. The molecule has 0 radical (unpaired) electrons. The zero-order valence-corrected chi connectivity index (χ0v) is 20.8. The molecule has 3 aromatic rings. The van der Waals surface area contributed by atoms with Crippen LogP contribution < -0.4 is 4.74 Å². The molecular weight excluding hydrogens is 422 g/mol. The largest absolute Gasteiger partial charge is 0.497 e. The molecule has 0 aliphatic carbocycles. The third-order valence-electron chi connectivity index (χ3n) is 7.03. The molecular formula is C29H39N3O2. The molecule has 1 fully saturated rings. The molecule has 1 aliphatic rings. The highest BCUT2D eigenvalue weighted by atomic mass is 16.5. The molecule has 182 valence electrons.